The first kappa shape index (κ1) is 19.4. The Kier molecular flexibility index (Phi) is 6.82. The van der Waals surface area contributed by atoms with E-state index in [-0.39, 0.29) is 6.03 Å². The van der Waals surface area contributed by atoms with E-state index in [1.165, 1.54) is 5.56 Å². The third-order valence-electron chi connectivity index (χ3n) is 4.62. The van der Waals surface area contributed by atoms with Gasteiger partial charge in [0.15, 0.2) is 0 Å². The third kappa shape index (κ3) is 5.54. The lowest BCUT2D eigenvalue weighted by Crippen LogP contribution is -2.52. The summed E-state index contributed by atoms with van der Waals surface area (Å²) in [6, 6.07) is 15.8. The Bertz CT molecular complexity index is 761. The Balaban J connectivity index is 1.34. The highest BCUT2D eigenvalue weighted by molar-refractivity contribution is 6.33. The van der Waals surface area contributed by atoms with Crippen LogP contribution in [0.2, 0.25) is 5.02 Å². The number of ether oxygens (including phenoxy) is 1. The van der Waals surface area contributed by atoms with E-state index in [9.17, 15) is 4.79 Å². The van der Waals surface area contributed by atoms with E-state index in [4.69, 9.17) is 16.3 Å². The van der Waals surface area contributed by atoms with Gasteiger partial charge in [0.2, 0.25) is 0 Å². The van der Waals surface area contributed by atoms with E-state index in [1.807, 2.05) is 60.4 Å². The van der Waals surface area contributed by atoms with Gasteiger partial charge >= 0.3 is 6.03 Å². The van der Waals surface area contributed by atoms with Crippen LogP contribution in [-0.4, -0.2) is 50.3 Å². The van der Waals surface area contributed by atoms with Gasteiger partial charge in [-0.1, -0.05) is 35.9 Å². The summed E-state index contributed by atoms with van der Waals surface area (Å²) < 4.78 is 5.70. The molecule has 0 aromatic heterocycles. The Labute approximate surface area is 165 Å². The molecule has 1 aliphatic rings. The number of hydrogen-bond donors (Lipinski definition) is 1. The number of nitrogens with zero attached hydrogens (tertiary/aromatic N) is 2. The van der Waals surface area contributed by atoms with Gasteiger partial charge in [-0.3, -0.25) is 0 Å². The minimum absolute atomic E-state index is 0.00985. The van der Waals surface area contributed by atoms with Crippen molar-refractivity contribution in [2.24, 2.45) is 0 Å². The zero-order chi connectivity index (χ0) is 19.1. The first-order valence-corrected chi connectivity index (χ1v) is 9.73. The largest absolute Gasteiger partial charge is 0.494 e. The molecule has 0 atom stereocenters. The van der Waals surface area contributed by atoms with E-state index in [2.05, 4.69) is 10.2 Å². The summed E-state index contributed by atoms with van der Waals surface area (Å²) in [5, 5.41) is 3.73. The number of carbonyl (C=O) groups is 1. The third-order valence-corrected chi connectivity index (χ3v) is 4.94. The second kappa shape index (κ2) is 9.51. The van der Waals surface area contributed by atoms with Crippen molar-refractivity contribution >= 4 is 23.3 Å². The fraction of sp³-hybridized carbons (Fsp3) is 0.381. The molecular weight excluding hydrogens is 362 g/mol. The number of piperazine rings is 1. The molecule has 1 fully saturated rings. The lowest BCUT2D eigenvalue weighted by atomic mass is 10.2. The molecule has 5 nitrogen and oxygen atoms in total. The summed E-state index contributed by atoms with van der Waals surface area (Å²) in [5.41, 5.74) is 2.21. The topological polar surface area (TPSA) is 44.8 Å². The average molecular weight is 388 g/mol. The van der Waals surface area contributed by atoms with Crippen LogP contribution in [0.5, 0.6) is 5.75 Å². The molecule has 144 valence electrons. The van der Waals surface area contributed by atoms with Gasteiger partial charge in [-0.25, -0.2) is 4.79 Å². The Morgan fingerprint density at radius 1 is 1.11 bits per heavy atom. The summed E-state index contributed by atoms with van der Waals surface area (Å²) in [4.78, 5) is 16.4. The van der Waals surface area contributed by atoms with Crippen LogP contribution in [0.4, 0.5) is 10.5 Å². The van der Waals surface area contributed by atoms with Crippen LogP contribution in [0.15, 0.2) is 48.5 Å². The lowest BCUT2D eigenvalue weighted by molar-refractivity contribution is 0.193. The van der Waals surface area contributed by atoms with Crippen LogP contribution in [0, 0.1) is 6.92 Å². The molecule has 3 rings (SSSR count). The van der Waals surface area contributed by atoms with E-state index in [0.717, 1.165) is 36.0 Å². The number of hydrogen-bond acceptors (Lipinski definition) is 3. The van der Waals surface area contributed by atoms with Crippen molar-refractivity contribution in [2.45, 2.75) is 13.3 Å². The molecule has 0 aliphatic carbocycles. The fourth-order valence-electron chi connectivity index (χ4n) is 3.13. The molecule has 2 amide bonds. The van der Waals surface area contributed by atoms with Crippen LogP contribution in [0.25, 0.3) is 0 Å². The predicted octanol–water partition coefficient (Wildman–Crippen LogP) is 3.95. The average Bonchev–Trinajstić information content (AvgIpc) is 2.68. The molecule has 0 unspecified atom stereocenters. The van der Waals surface area contributed by atoms with E-state index < -0.39 is 0 Å². The molecule has 6 heteroatoms. The summed E-state index contributed by atoms with van der Waals surface area (Å²) in [6.45, 7) is 6.19. The van der Waals surface area contributed by atoms with Crippen molar-refractivity contribution < 1.29 is 9.53 Å². The van der Waals surface area contributed by atoms with Crippen LogP contribution in [0.1, 0.15) is 12.0 Å². The van der Waals surface area contributed by atoms with Crippen molar-refractivity contribution in [3.8, 4) is 5.75 Å². The molecular formula is C21H26ClN3O2. The molecule has 1 aliphatic heterocycles. The molecule has 0 radical (unpaired) electrons. The van der Waals surface area contributed by atoms with E-state index in [1.54, 1.807) is 0 Å². The number of rotatable bonds is 6. The van der Waals surface area contributed by atoms with Gasteiger partial charge in [-0.2, -0.15) is 0 Å². The fourth-order valence-corrected chi connectivity index (χ4v) is 3.39. The smallest absolute Gasteiger partial charge is 0.317 e. The van der Waals surface area contributed by atoms with Crippen LogP contribution < -0.4 is 15.0 Å². The lowest BCUT2D eigenvalue weighted by Gasteiger charge is -2.36. The Morgan fingerprint density at radius 3 is 2.63 bits per heavy atom. The number of para-hydroxylation sites is 1. The molecule has 1 N–H and O–H groups in total. The van der Waals surface area contributed by atoms with Crippen LogP contribution in [0.3, 0.4) is 0 Å². The van der Waals surface area contributed by atoms with Crippen LogP contribution >= 0.6 is 11.6 Å². The molecule has 2 aromatic carbocycles. The van der Waals surface area contributed by atoms with E-state index >= 15 is 0 Å². The molecule has 1 heterocycles. The van der Waals surface area contributed by atoms with Crippen molar-refractivity contribution in [1.29, 1.82) is 0 Å². The van der Waals surface area contributed by atoms with Gasteiger partial charge in [0.05, 0.1) is 17.3 Å². The quantitative estimate of drug-likeness (QED) is 0.763. The van der Waals surface area contributed by atoms with E-state index in [0.29, 0.717) is 26.2 Å². The van der Waals surface area contributed by atoms with Gasteiger partial charge in [0.25, 0.3) is 0 Å². The minimum atomic E-state index is -0.00985. The second-order valence-corrected chi connectivity index (χ2v) is 7.08. The number of aryl methyl sites for hydroxylation is 1. The zero-order valence-corrected chi connectivity index (χ0v) is 16.4. The highest BCUT2D eigenvalue weighted by atomic mass is 35.5. The number of benzene rings is 2. The predicted molar refractivity (Wildman–Crippen MR) is 110 cm³/mol. The maximum absolute atomic E-state index is 12.3. The zero-order valence-electron chi connectivity index (χ0n) is 15.7. The van der Waals surface area contributed by atoms with Gasteiger partial charge in [0.1, 0.15) is 5.75 Å². The molecule has 0 spiro atoms. The standard InChI is InChI=1S/C21H26ClN3O2/c1-17-6-4-7-18(16-17)27-15-5-10-23-21(26)25-13-11-24(12-14-25)20-9-3-2-8-19(20)22/h2-4,6-9,16H,5,10-15H2,1H3,(H,23,26). The number of anilines is 1. The van der Waals surface area contributed by atoms with Crippen molar-refractivity contribution in [1.82, 2.24) is 10.2 Å². The number of amides is 2. The van der Waals surface area contributed by atoms with Gasteiger partial charge in [-0.15, -0.1) is 0 Å². The highest BCUT2D eigenvalue weighted by Crippen LogP contribution is 2.25. The molecule has 0 bridgehead atoms. The first-order chi connectivity index (χ1) is 13.1. The molecule has 1 saturated heterocycles. The molecule has 0 saturated carbocycles. The summed E-state index contributed by atoms with van der Waals surface area (Å²) in [7, 11) is 0. The SMILES string of the molecule is Cc1cccc(OCCCNC(=O)N2CCN(c3ccccc3Cl)CC2)c1. The summed E-state index contributed by atoms with van der Waals surface area (Å²) >= 11 is 6.26. The summed E-state index contributed by atoms with van der Waals surface area (Å²) in [5.74, 6) is 0.872. The van der Waals surface area contributed by atoms with Gasteiger partial charge in [-0.05, 0) is 43.2 Å². The van der Waals surface area contributed by atoms with Crippen molar-refractivity contribution in [2.75, 3.05) is 44.2 Å². The minimum Gasteiger partial charge on any atom is -0.494 e. The Morgan fingerprint density at radius 2 is 1.89 bits per heavy atom. The first-order valence-electron chi connectivity index (χ1n) is 9.35. The van der Waals surface area contributed by atoms with Crippen molar-refractivity contribution in [3.05, 3.63) is 59.1 Å². The van der Waals surface area contributed by atoms with Gasteiger partial charge in [0, 0.05) is 32.7 Å². The molecule has 2 aromatic rings. The maximum atomic E-state index is 12.3. The number of nitrogens with one attached hydrogen (secondary N) is 1. The second-order valence-electron chi connectivity index (χ2n) is 6.68. The summed E-state index contributed by atoms with van der Waals surface area (Å²) in [6.07, 6.45) is 0.777. The van der Waals surface area contributed by atoms with Crippen molar-refractivity contribution in [3.63, 3.8) is 0 Å². The molecule has 27 heavy (non-hydrogen) atoms. The number of carbonyl (C=O) groups excluding carboxylic acids is 1. The normalized spacial score (nSPS) is 14.1. The highest BCUT2D eigenvalue weighted by Gasteiger charge is 2.21. The van der Waals surface area contributed by atoms with Gasteiger partial charge < -0.3 is 19.9 Å². The Hall–Kier alpha value is -2.40. The number of halogens is 1. The number of urea groups is 1. The van der Waals surface area contributed by atoms with Crippen LogP contribution in [-0.2, 0) is 0 Å². The maximum Gasteiger partial charge on any atom is 0.317 e. The monoisotopic (exact) mass is 387 g/mol.